The van der Waals surface area contributed by atoms with Crippen molar-refractivity contribution in [2.45, 2.75) is 12.6 Å². The van der Waals surface area contributed by atoms with Gasteiger partial charge >= 0.3 is 6.36 Å². The first-order valence-electron chi connectivity index (χ1n) is 3.14. The fourth-order valence-electron chi connectivity index (χ4n) is 0.910. The van der Waals surface area contributed by atoms with Gasteiger partial charge in [-0.2, -0.15) is 0 Å². The Morgan fingerprint density at radius 3 is 2.55 bits per heavy atom. The molecule has 66 valence electrons. The van der Waals surface area contributed by atoms with Crippen LogP contribution in [0.4, 0.5) is 13.2 Å². The Morgan fingerprint density at radius 2 is 2.18 bits per heavy atom. The smallest absolute Gasteiger partial charge is 0.290 e. The molecule has 1 unspecified atom stereocenters. The van der Waals surface area contributed by atoms with E-state index in [4.69, 9.17) is 0 Å². The van der Waals surface area contributed by atoms with Gasteiger partial charge in [-0.3, -0.25) is 15.0 Å². The Balaban J connectivity index is 2.29. The molecule has 1 aliphatic rings. The summed E-state index contributed by atoms with van der Waals surface area (Å²) in [4.78, 5) is 1.70. The number of ether oxygens (including phenoxy) is 1. The molecule has 0 bridgehead atoms. The van der Waals surface area contributed by atoms with E-state index in [2.05, 4.69) is 10.1 Å². The van der Waals surface area contributed by atoms with E-state index in [0.29, 0.717) is 6.67 Å². The Kier molecular flexibility index (Phi) is 2.36. The zero-order chi connectivity index (χ0) is 8.48. The molecule has 1 N–H and O–H groups in total. The maximum atomic E-state index is 11.6. The Morgan fingerprint density at radius 1 is 1.55 bits per heavy atom. The summed E-state index contributed by atoms with van der Waals surface area (Å²) in [5.41, 5.74) is 0. The van der Waals surface area contributed by atoms with Crippen LogP contribution < -0.4 is 5.32 Å². The van der Waals surface area contributed by atoms with E-state index in [9.17, 15) is 13.2 Å². The summed E-state index contributed by atoms with van der Waals surface area (Å²) in [6.45, 7) is 0.695. The van der Waals surface area contributed by atoms with E-state index >= 15 is 0 Å². The molecular formula is C5H9F3N2O. The highest BCUT2D eigenvalue weighted by molar-refractivity contribution is 4.68. The SMILES string of the molecule is CN1CNC(OC(F)(F)F)C1. The van der Waals surface area contributed by atoms with Crippen LogP contribution in [-0.4, -0.2) is 37.8 Å². The molecule has 6 heteroatoms. The highest BCUT2D eigenvalue weighted by Gasteiger charge is 2.35. The van der Waals surface area contributed by atoms with Gasteiger partial charge in [0.05, 0.1) is 6.67 Å². The summed E-state index contributed by atoms with van der Waals surface area (Å²) >= 11 is 0. The maximum absolute atomic E-state index is 11.6. The fourth-order valence-corrected chi connectivity index (χ4v) is 0.910. The predicted octanol–water partition coefficient (Wildman–Crippen LogP) is 0.341. The average molecular weight is 170 g/mol. The Hall–Kier alpha value is -0.330. The third-order valence-electron chi connectivity index (χ3n) is 1.34. The Labute approximate surface area is 62.1 Å². The number of hydrogen-bond donors (Lipinski definition) is 1. The second-order valence-electron chi connectivity index (χ2n) is 2.45. The van der Waals surface area contributed by atoms with Crippen molar-refractivity contribution < 1.29 is 17.9 Å². The highest BCUT2D eigenvalue weighted by atomic mass is 19.4. The van der Waals surface area contributed by atoms with Crippen molar-refractivity contribution in [3.05, 3.63) is 0 Å². The molecule has 0 radical (unpaired) electrons. The van der Waals surface area contributed by atoms with Gasteiger partial charge < -0.3 is 0 Å². The molecular weight excluding hydrogens is 161 g/mol. The van der Waals surface area contributed by atoms with Gasteiger partial charge in [0.1, 0.15) is 6.23 Å². The number of rotatable bonds is 1. The van der Waals surface area contributed by atoms with E-state index in [1.54, 1.807) is 11.9 Å². The molecule has 0 amide bonds. The molecule has 0 spiro atoms. The summed E-state index contributed by atoms with van der Waals surface area (Å²) in [6.07, 6.45) is -5.46. The average Bonchev–Trinajstić information content (AvgIpc) is 2.10. The van der Waals surface area contributed by atoms with Crippen LogP contribution in [0.5, 0.6) is 0 Å². The van der Waals surface area contributed by atoms with Gasteiger partial charge in [-0.25, -0.2) is 0 Å². The summed E-state index contributed by atoms with van der Waals surface area (Å²) < 4.78 is 38.4. The first-order chi connectivity index (χ1) is 4.97. The van der Waals surface area contributed by atoms with E-state index in [1.807, 2.05) is 0 Å². The van der Waals surface area contributed by atoms with Gasteiger partial charge in [0.15, 0.2) is 0 Å². The molecule has 0 aromatic carbocycles. The molecule has 1 saturated heterocycles. The lowest BCUT2D eigenvalue weighted by Gasteiger charge is -2.13. The van der Waals surface area contributed by atoms with Gasteiger partial charge in [-0.05, 0) is 7.05 Å². The molecule has 1 atom stereocenters. The van der Waals surface area contributed by atoms with Gasteiger partial charge in [0.25, 0.3) is 0 Å². The fraction of sp³-hybridized carbons (Fsp3) is 1.00. The molecule has 0 saturated carbocycles. The summed E-state index contributed by atoms with van der Waals surface area (Å²) in [5.74, 6) is 0. The second kappa shape index (κ2) is 2.96. The zero-order valence-corrected chi connectivity index (χ0v) is 5.98. The lowest BCUT2D eigenvalue weighted by Crippen LogP contribution is -2.33. The van der Waals surface area contributed by atoms with Gasteiger partial charge in [-0.1, -0.05) is 0 Å². The van der Waals surface area contributed by atoms with E-state index in [-0.39, 0.29) is 6.54 Å². The minimum atomic E-state index is -4.54. The highest BCUT2D eigenvalue weighted by Crippen LogP contribution is 2.19. The number of nitrogens with zero attached hydrogens (tertiary/aromatic N) is 1. The molecule has 1 fully saturated rings. The second-order valence-corrected chi connectivity index (χ2v) is 2.45. The minimum Gasteiger partial charge on any atom is -0.290 e. The number of alkyl halides is 3. The molecule has 11 heavy (non-hydrogen) atoms. The molecule has 3 nitrogen and oxygen atoms in total. The lowest BCUT2D eigenvalue weighted by molar-refractivity contribution is -0.343. The maximum Gasteiger partial charge on any atom is 0.524 e. The van der Waals surface area contributed by atoms with Crippen molar-refractivity contribution in [2.24, 2.45) is 0 Å². The van der Waals surface area contributed by atoms with Crippen LogP contribution in [-0.2, 0) is 4.74 Å². The number of hydrogen-bond acceptors (Lipinski definition) is 3. The van der Waals surface area contributed by atoms with Crippen molar-refractivity contribution in [1.29, 1.82) is 0 Å². The molecule has 1 heterocycles. The van der Waals surface area contributed by atoms with Crippen LogP contribution in [0.1, 0.15) is 0 Å². The summed E-state index contributed by atoms with van der Waals surface area (Å²) in [7, 11) is 1.72. The largest absolute Gasteiger partial charge is 0.524 e. The van der Waals surface area contributed by atoms with Crippen molar-refractivity contribution in [3.8, 4) is 0 Å². The first-order valence-corrected chi connectivity index (χ1v) is 3.14. The van der Waals surface area contributed by atoms with Crippen LogP contribution >= 0.6 is 0 Å². The molecule has 0 aliphatic carbocycles. The summed E-state index contributed by atoms with van der Waals surface area (Å²) in [5, 5.41) is 2.55. The first kappa shape index (κ1) is 8.76. The quantitative estimate of drug-likeness (QED) is 0.614. The number of nitrogens with one attached hydrogen (secondary N) is 1. The minimum absolute atomic E-state index is 0.263. The van der Waals surface area contributed by atoms with Crippen LogP contribution in [0, 0.1) is 0 Å². The molecule has 0 aromatic heterocycles. The van der Waals surface area contributed by atoms with Gasteiger partial charge in [-0.15, -0.1) is 13.2 Å². The number of likely N-dealkylation sites (N-methyl/N-ethyl adjacent to an activating group) is 1. The topological polar surface area (TPSA) is 24.5 Å². The third kappa shape index (κ3) is 3.04. The normalized spacial score (nSPS) is 27.8. The van der Waals surface area contributed by atoms with Gasteiger partial charge in [0, 0.05) is 6.54 Å². The Bertz CT molecular complexity index is 138. The van der Waals surface area contributed by atoms with E-state index < -0.39 is 12.6 Å². The van der Waals surface area contributed by atoms with Crippen LogP contribution in [0.25, 0.3) is 0 Å². The third-order valence-corrected chi connectivity index (χ3v) is 1.34. The van der Waals surface area contributed by atoms with E-state index in [1.165, 1.54) is 0 Å². The van der Waals surface area contributed by atoms with Crippen molar-refractivity contribution in [3.63, 3.8) is 0 Å². The van der Waals surface area contributed by atoms with Crippen molar-refractivity contribution in [1.82, 2.24) is 10.2 Å². The summed E-state index contributed by atoms with van der Waals surface area (Å²) in [6, 6.07) is 0. The van der Waals surface area contributed by atoms with Crippen LogP contribution in [0.2, 0.25) is 0 Å². The molecule has 0 aromatic rings. The zero-order valence-electron chi connectivity index (χ0n) is 5.98. The predicted molar refractivity (Wildman–Crippen MR) is 31.6 cm³/mol. The standard InChI is InChI=1S/C5H9F3N2O/c1-10-2-4(9-3-10)11-5(6,7)8/h4,9H,2-3H2,1H3. The lowest BCUT2D eigenvalue weighted by atomic mass is 10.6. The van der Waals surface area contributed by atoms with Crippen molar-refractivity contribution in [2.75, 3.05) is 20.3 Å². The van der Waals surface area contributed by atoms with Crippen LogP contribution in [0.15, 0.2) is 0 Å². The monoisotopic (exact) mass is 170 g/mol. The molecule has 1 rings (SSSR count). The number of halogens is 3. The van der Waals surface area contributed by atoms with Crippen LogP contribution in [0.3, 0.4) is 0 Å². The van der Waals surface area contributed by atoms with E-state index in [0.717, 1.165) is 0 Å². The van der Waals surface area contributed by atoms with Crippen molar-refractivity contribution >= 4 is 0 Å². The van der Waals surface area contributed by atoms with Gasteiger partial charge in [0.2, 0.25) is 0 Å². The molecule has 1 aliphatic heterocycles.